The van der Waals surface area contributed by atoms with Crippen LogP contribution in [0.15, 0.2) is 83.7 Å². The van der Waals surface area contributed by atoms with E-state index in [9.17, 15) is 0 Å². The largest absolute Gasteiger partial charge is 0.471 e. The smallest absolute Gasteiger partial charge is 0.108 e. The van der Waals surface area contributed by atoms with Crippen molar-refractivity contribution in [3.63, 3.8) is 0 Å². The number of hydrogen-bond donors (Lipinski definition) is 0. The Morgan fingerprint density at radius 3 is 1.58 bits per heavy atom. The molecule has 0 bridgehead atoms. The Bertz CT molecular complexity index is 585. The zero-order valence-corrected chi connectivity index (χ0v) is 10.4. The molecule has 0 N–H and O–H groups in total. The van der Waals surface area contributed by atoms with E-state index < -0.39 is 0 Å². The molecule has 0 saturated heterocycles. The number of nitriles is 1. The number of rotatable bonds is 1. The van der Waals surface area contributed by atoms with Crippen molar-refractivity contribution in [3.8, 4) is 17.2 Å². The Morgan fingerprint density at radius 2 is 1.26 bits per heavy atom. The standard InChI is InChI=1S/C12H10.C5H3NO/c1-3-7-11(8-4-1)12-9-5-2-6-10-12;6-3-5-1-2-7-4-5/h1-10H;1-2,4H. The van der Waals surface area contributed by atoms with Gasteiger partial charge in [-0.25, -0.2) is 0 Å². The summed E-state index contributed by atoms with van der Waals surface area (Å²) >= 11 is 0. The number of benzene rings is 2. The van der Waals surface area contributed by atoms with Crippen molar-refractivity contribution in [2.75, 3.05) is 0 Å². The Morgan fingerprint density at radius 1 is 0.737 bits per heavy atom. The molecule has 2 heteroatoms. The molecule has 2 nitrogen and oxygen atoms in total. The van der Waals surface area contributed by atoms with Crippen molar-refractivity contribution in [2.45, 2.75) is 0 Å². The number of hydrogen-bond acceptors (Lipinski definition) is 2. The summed E-state index contributed by atoms with van der Waals surface area (Å²) in [7, 11) is 0. The first-order valence-electron chi connectivity index (χ1n) is 5.93. The molecule has 0 unspecified atom stereocenters. The van der Waals surface area contributed by atoms with E-state index in [1.54, 1.807) is 6.07 Å². The maximum atomic E-state index is 8.12. The van der Waals surface area contributed by atoms with Gasteiger partial charge >= 0.3 is 0 Å². The molecule has 0 saturated carbocycles. The molecule has 19 heavy (non-hydrogen) atoms. The normalized spacial score (nSPS) is 9.00. The summed E-state index contributed by atoms with van der Waals surface area (Å²) in [5, 5.41) is 8.12. The average molecular weight is 247 g/mol. The molecular formula is C17H13NO. The molecule has 0 aliphatic carbocycles. The first-order valence-corrected chi connectivity index (χ1v) is 5.93. The quantitative estimate of drug-likeness (QED) is 0.634. The highest BCUT2D eigenvalue weighted by molar-refractivity contribution is 5.62. The van der Waals surface area contributed by atoms with Gasteiger partial charge in [0.15, 0.2) is 0 Å². The van der Waals surface area contributed by atoms with E-state index in [0.29, 0.717) is 5.56 Å². The summed E-state index contributed by atoms with van der Waals surface area (Å²) in [4.78, 5) is 0. The summed E-state index contributed by atoms with van der Waals surface area (Å²) < 4.78 is 4.58. The minimum absolute atomic E-state index is 0.569. The third kappa shape index (κ3) is 3.86. The lowest BCUT2D eigenvalue weighted by molar-refractivity contribution is 0.566. The van der Waals surface area contributed by atoms with Gasteiger partial charge in [-0.05, 0) is 17.2 Å². The second kappa shape index (κ2) is 6.83. The summed E-state index contributed by atoms with van der Waals surface area (Å²) in [6.45, 7) is 0. The van der Waals surface area contributed by atoms with Gasteiger partial charge in [-0.3, -0.25) is 0 Å². The average Bonchev–Trinajstić information content (AvgIpc) is 3.03. The van der Waals surface area contributed by atoms with Gasteiger partial charge in [0.1, 0.15) is 12.3 Å². The van der Waals surface area contributed by atoms with Gasteiger partial charge in [-0.1, -0.05) is 60.7 Å². The van der Waals surface area contributed by atoms with Crippen LogP contribution in [0.25, 0.3) is 11.1 Å². The number of nitrogens with zero attached hydrogens (tertiary/aromatic N) is 1. The summed E-state index contributed by atoms with van der Waals surface area (Å²) in [6.07, 6.45) is 2.87. The zero-order chi connectivity index (χ0) is 13.3. The molecule has 2 aromatic carbocycles. The van der Waals surface area contributed by atoms with Crippen LogP contribution in [0.3, 0.4) is 0 Å². The van der Waals surface area contributed by atoms with Crippen LogP contribution in [0.4, 0.5) is 0 Å². The molecule has 3 aromatic rings. The van der Waals surface area contributed by atoms with E-state index in [4.69, 9.17) is 5.26 Å². The van der Waals surface area contributed by atoms with Gasteiger partial charge in [0.05, 0.1) is 11.8 Å². The van der Waals surface area contributed by atoms with E-state index >= 15 is 0 Å². The lowest BCUT2D eigenvalue weighted by Crippen LogP contribution is -1.73. The molecule has 0 aliphatic rings. The highest BCUT2D eigenvalue weighted by atomic mass is 16.3. The molecule has 3 rings (SSSR count). The fourth-order valence-corrected chi connectivity index (χ4v) is 1.59. The molecule has 0 fully saturated rings. The van der Waals surface area contributed by atoms with Crippen LogP contribution in [0.1, 0.15) is 5.56 Å². The highest BCUT2D eigenvalue weighted by Gasteiger charge is 1.91. The third-order valence-corrected chi connectivity index (χ3v) is 2.53. The predicted octanol–water partition coefficient (Wildman–Crippen LogP) is 4.50. The molecule has 92 valence electrons. The lowest BCUT2D eigenvalue weighted by atomic mass is 10.1. The lowest BCUT2D eigenvalue weighted by Gasteiger charge is -1.98. The maximum absolute atomic E-state index is 8.12. The van der Waals surface area contributed by atoms with Crippen molar-refractivity contribution >= 4 is 0 Å². The van der Waals surface area contributed by atoms with E-state index in [1.807, 2.05) is 18.2 Å². The maximum Gasteiger partial charge on any atom is 0.108 e. The fourth-order valence-electron chi connectivity index (χ4n) is 1.59. The van der Waals surface area contributed by atoms with Gasteiger partial charge in [0.2, 0.25) is 0 Å². The summed E-state index contributed by atoms with van der Waals surface area (Å²) in [6, 6.07) is 24.3. The monoisotopic (exact) mass is 247 g/mol. The zero-order valence-electron chi connectivity index (χ0n) is 10.4. The van der Waals surface area contributed by atoms with Gasteiger partial charge in [0.25, 0.3) is 0 Å². The molecule has 0 atom stereocenters. The molecular weight excluding hydrogens is 234 g/mol. The SMILES string of the molecule is N#Cc1ccoc1.c1ccc(-c2ccccc2)cc1. The van der Waals surface area contributed by atoms with E-state index in [2.05, 4.69) is 52.9 Å². The summed E-state index contributed by atoms with van der Waals surface area (Å²) in [5.41, 5.74) is 3.12. The second-order valence-corrected chi connectivity index (χ2v) is 3.86. The Labute approximate surface area is 112 Å². The first kappa shape index (κ1) is 12.7. The first-order chi connectivity index (χ1) is 9.40. The molecule has 1 heterocycles. The molecule has 1 aromatic heterocycles. The van der Waals surface area contributed by atoms with Gasteiger partial charge in [-0.2, -0.15) is 5.26 Å². The Kier molecular flexibility index (Phi) is 4.55. The van der Waals surface area contributed by atoms with Crippen LogP contribution in [0.2, 0.25) is 0 Å². The molecule has 0 spiro atoms. The number of furan rings is 1. The Balaban J connectivity index is 0.000000163. The summed E-state index contributed by atoms with van der Waals surface area (Å²) in [5.74, 6) is 0. The minimum Gasteiger partial charge on any atom is -0.471 e. The topological polar surface area (TPSA) is 36.9 Å². The van der Waals surface area contributed by atoms with Gasteiger partial charge < -0.3 is 4.42 Å². The van der Waals surface area contributed by atoms with E-state index in [1.165, 1.54) is 23.7 Å². The second-order valence-electron chi connectivity index (χ2n) is 3.86. The van der Waals surface area contributed by atoms with Crippen LogP contribution >= 0.6 is 0 Å². The van der Waals surface area contributed by atoms with Crippen LogP contribution < -0.4 is 0 Å². The van der Waals surface area contributed by atoms with Crippen molar-refractivity contribution in [1.29, 1.82) is 5.26 Å². The third-order valence-electron chi connectivity index (χ3n) is 2.53. The van der Waals surface area contributed by atoms with Crippen molar-refractivity contribution < 1.29 is 4.42 Å². The molecule has 0 radical (unpaired) electrons. The van der Waals surface area contributed by atoms with Crippen molar-refractivity contribution in [3.05, 3.63) is 84.8 Å². The molecule has 0 amide bonds. The van der Waals surface area contributed by atoms with Gasteiger partial charge in [-0.15, -0.1) is 0 Å². The van der Waals surface area contributed by atoms with E-state index in [0.717, 1.165) is 0 Å². The van der Waals surface area contributed by atoms with Crippen LogP contribution in [-0.2, 0) is 0 Å². The van der Waals surface area contributed by atoms with Crippen molar-refractivity contribution in [2.24, 2.45) is 0 Å². The highest BCUT2D eigenvalue weighted by Crippen LogP contribution is 2.17. The Hall–Kier alpha value is -2.79. The minimum atomic E-state index is 0.569. The van der Waals surface area contributed by atoms with Crippen LogP contribution in [0.5, 0.6) is 0 Å². The van der Waals surface area contributed by atoms with E-state index in [-0.39, 0.29) is 0 Å². The fraction of sp³-hybridized carbons (Fsp3) is 0. The molecule has 0 aliphatic heterocycles. The van der Waals surface area contributed by atoms with Crippen molar-refractivity contribution in [1.82, 2.24) is 0 Å². The predicted molar refractivity (Wildman–Crippen MR) is 75.3 cm³/mol. The van der Waals surface area contributed by atoms with Crippen LogP contribution in [-0.4, -0.2) is 0 Å². The van der Waals surface area contributed by atoms with Gasteiger partial charge in [0, 0.05) is 0 Å². The van der Waals surface area contributed by atoms with Crippen LogP contribution in [0, 0.1) is 11.3 Å².